The number of benzene rings is 4. The van der Waals surface area contributed by atoms with Crippen molar-refractivity contribution < 1.29 is 28.7 Å². The number of amides is 3. The fraction of sp³-hybridized carbons (Fsp3) is 0.243. The second-order valence-electron chi connectivity index (χ2n) is 12.4. The summed E-state index contributed by atoms with van der Waals surface area (Å²) in [6.45, 7) is 1.91. The standard InChI is InChI=1S/C37H29ClN2O6/c1-19-15-22(46-37(44)20-16-30(41)39(18-20)28-17-21(38)11-14-29(28)45-2)12-13-27(19)40-35(42)33-31-23-7-3-4-8-24(23)32(34(33)36(40)43)26-10-6-5-9-25(26)31/h3-15,17,20,31-34H,16,18H2,1-2H3/t20-,31?,32?,33+,34+/m1/s1. The molecule has 230 valence electrons. The predicted molar refractivity (Wildman–Crippen MR) is 171 cm³/mol. The number of anilines is 2. The van der Waals surface area contributed by atoms with Crippen LogP contribution < -0.4 is 19.3 Å². The number of hydrogen-bond donors (Lipinski definition) is 0. The number of carbonyl (C=O) groups excluding carboxylic acids is 4. The molecular weight excluding hydrogens is 604 g/mol. The van der Waals surface area contributed by atoms with E-state index < -0.39 is 23.7 Å². The third-order valence-electron chi connectivity index (χ3n) is 9.97. The molecule has 4 aromatic rings. The molecule has 3 atom stereocenters. The van der Waals surface area contributed by atoms with Crippen LogP contribution in [0.2, 0.25) is 5.02 Å². The lowest BCUT2D eigenvalue weighted by Crippen LogP contribution is -2.41. The molecule has 5 aliphatic rings. The van der Waals surface area contributed by atoms with Crippen LogP contribution in [-0.2, 0) is 19.2 Å². The van der Waals surface area contributed by atoms with Crippen molar-refractivity contribution in [3.8, 4) is 11.5 Å². The van der Waals surface area contributed by atoms with Crippen LogP contribution in [0.1, 0.15) is 46.1 Å². The number of ether oxygens (including phenoxy) is 2. The van der Waals surface area contributed by atoms with Gasteiger partial charge in [0.25, 0.3) is 0 Å². The van der Waals surface area contributed by atoms with Crippen LogP contribution in [0.5, 0.6) is 11.5 Å². The van der Waals surface area contributed by atoms with Crippen LogP contribution >= 0.6 is 11.6 Å². The average Bonchev–Trinajstić information content (AvgIpc) is 3.58. The summed E-state index contributed by atoms with van der Waals surface area (Å²) in [5.41, 5.74) is 6.07. The van der Waals surface area contributed by atoms with Crippen LogP contribution in [0, 0.1) is 24.7 Å². The van der Waals surface area contributed by atoms with Gasteiger partial charge in [0.15, 0.2) is 0 Å². The van der Waals surface area contributed by atoms with Gasteiger partial charge in [-0.1, -0.05) is 60.1 Å². The Morgan fingerprint density at radius 1 is 0.783 bits per heavy atom. The van der Waals surface area contributed by atoms with Crippen molar-refractivity contribution in [2.24, 2.45) is 17.8 Å². The van der Waals surface area contributed by atoms with Crippen LogP contribution in [0.25, 0.3) is 0 Å². The molecule has 2 heterocycles. The number of halogens is 1. The molecule has 2 aliphatic heterocycles. The maximum Gasteiger partial charge on any atom is 0.316 e. The van der Waals surface area contributed by atoms with Crippen molar-refractivity contribution in [2.75, 3.05) is 23.5 Å². The number of methoxy groups -OCH3 is 1. The van der Waals surface area contributed by atoms with Gasteiger partial charge < -0.3 is 14.4 Å². The second-order valence-corrected chi connectivity index (χ2v) is 12.8. The quantitative estimate of drug-likeness (QED) is 0.152. The largest absolute Gasteiger partial charge is 0.495 e. The van der Waals surface area contributed by atoms with E-state index in [2.05, 4.69) is 24.3 Å². The van der Waals surface area contributed by atoms with Crippen molar-refractivity contribution in [3.63, 3.8) is 0 Å². The third kappa shape index (κ3) is 4.13. The van der Waals surface area contributed by atoms with Gasteiger partial charge in [0.05, 0.1) is 36.2 Å². The van der Waals surface area contributed by atoms with E-state index in [1.807, 2.05) is 24.3 Å². The fourth-order valence-electron chi connectivity index (χ4n) is 8.03. The van der Waals surface area contributed by atoms with Crippen molar-refractivity contribution >= 4 is 46.7 Å². The first-order valence-electron chi connectivity index (χ1n) is 15.3. The zero-order chi connectivity index (χ0) is 31.9. The van der Waals surface area contributed by atoms with Crippen molar-refractivity contribution in [1.82, 2.24) is 0 Å². The monoisotopic (exact) mass is 632 g/mol. The molecule has 4 aromatic carbocycles. The maximum atomic E-state index is 14.2. The first-order valence-corrected chi connectivity index (χ1v) is 15.7. The van der Waals surface area contributed by atoms with E-state index >= 15 is 0 Å². The zero-order valence-electron chi connectivity index (χ0n) is 25.1. The van der Waals surface area contributed by atoms with E-state index in [1.165, 1.54) is 16.9 Å². The molecule has 2 fully saturated rings. The lowest BCUT2D eigenvalue weighted by atomic mass is 9.55. The predicted octanol–water partition coefficient (Wildman–Crippen LogP) is 6.01. The minimum absolute atomic E-state index is 0.0156. The van der Waals surface area contributed by atoms with E-state index in [4.69, 9.17) is 21.1 Å². The van der Waals surface area contributed by atoms with Gasteiger partial charge >= 0.3 is 5.97 Å². The topological polar surface area (TPSA) is 93.2 Å². The minimum Gasteiger partial charge on any atom is -0.495 e. The summed E-state index contributed by atoms with van der Waals surface area (Å²) in [5.74, 6) is -2.49. The highest BCUT2D eigenvalue weighted by molar-refractivity contribution is 6.31. The number of aryl methyl sites for hydroxylation is 1. The molecule has 3 aliphatic carbocycles. The molecule has 0 aromatic heterocycles. The number of hydrogen-bond acceptors (Lipinski definition) is 6. The Hall–Kier alpha value is -4.95. The Kier molecular flexibility index (Phi) is 6.55. The maximum absolute atomic E-state index is 14.2. The first-order chi connectivity index (χ1) is 22.3. The molecule has 8 nitrogen and oxygen atoms in total. The Morgan fingerprint density at radius 2 is 1.37 bits per heavy atom. The molecular formula is C37H29ClN2O6. The lowest BCUT2D eigenvalue weighted by molar-refractivity contribution is -0.139. The Balaban J connectivity index is 1.04. The second kappa shape index (κ2) is 10.6. The molecule has 3 amide bonds. The van der Waals surface area contributed by atoms with Gasteiger partial charge in [0.1, 0.15) is 11.5 Å². The van der Waals surface area contributed by atoms with E-state index in [1.54, 1.807) is 43.3 Å². The van der Waals surface area contributed by atoms with E-state index in [0.717, 1.165) is 22.3 Å². The molecule has 2 saturated heterocycles. The summed E-state index contributed by atoms with van der Waals surface area (Å²) in [6, 6.07) is 26.2. The highest BCUT2D eigenvalue weighted by Crippen LogP contribution is 2.61. The van der Waals surface area contributed by atoms with Crippen LogP contribution in [0.3, 0.4) is 0 Å². The highest BCUT2D eigenvalue weighted by atomic mass is 35.5. The van der Waals surface area contributed by atoms with Crippen molar-refractivity contribution in [2.45, 2.75) is 25.2 Å². The molecule has 0 radical (unpaired) electrons. The van der Waals surface area contributed by atoms with Crippen molar-refractivity contribution in [1.29, 1.82) is 0 Å². The summed E-state index contributed by atoms with van der Waals surface area (Å²) in [5, 5.41) is 0.445. The average molecular weight is 633 g/mol. The summed E-state index contributed by atoms with van der Waals surface area (Å²) in [7, 11) is 1.50. The number of imide groups is 1. The molecule has 9 heteroatoms. The number of rotatable bonds is 5. The third-order valence-corrected chi connectivity index (χ3v) is 10.2. The van der Waals surface area contributed by atoms with Gasteiger partial charge in [-0.15, -0.1) is 0 Å². The van der Waals surface area contributed by atoms with Gasteiger partial charge in [-0.05, 0) is 71.1 Å². The van der Waals surface area contributed by atoms with E-state index in [0.29, 0.717) is 27.7 Å². The Morgan fingerprint density at radius 3 is 1.91 bits per heavy atom. The molecule has 0 unspecified atom stereocenters. The van der Waals surface area contributed by atoms with Gasteiger partial charge in [0, 0.05) is 29.8 Å². The molecule has 9 rings (SSSR count). The summed E-state index contributed by atoms with van der Waals surface area (Å²) < 4.78 is 11.1. The lowest BCUT2D eigenvalue weighted by Gasteiger charge is -2.45. The number of esters is 1. The Labute approximate surface area is 270 Å². The SMILES string of the molecule is COc1ccc(Cl)cc1N1C[C@H](C(=O)Oc2ccc(N3C(=O)[C@H]4C5c6ccccc6C(c6ccccc65)[C@@H]4C3=O)c(C)c2)CC1=O. The van der Waals surface area contributed by atoms with Crippen LogP contribution in [0.4, 0.5) is 11.4 Å². The fourth-order valence-corrected chi connectivity index (χ4v) is 8.20. The summed E-state index contributed by atoms with van der Waals surface area (Å²) in [6.07, 6.45) is -0.0156. The normalized spacial score (nSPS) is 24.2. The van der Waals surface area contributed by atoms with Gasteiger partial charge in [-0.25, -0.2) is 4.90 Å². The van der Waals surface area contributed by atoms with Gasteiger partial charge in [-0.2, -0.15) is 0 Å². The first kappa shape index (κ1) is 28.5. The molecule has 0 saturated carbocycles. The molecule has 2 bridgehead atoms. The highest BCUT2D eigenvalue weighted by Gasteiger charge is 2.61. The van der Waals surface area contributed by atoms with E-state index in [9.17, 15) is 19.2 Å². The zero-order valence-corrected chi connectivity index (χ0v) is 25.9. The van der Waals surface area contributed by atoms with Crippen LogP contribution in [0.15, 0.2) is 84.9 Å². The molecule has 0 spiro atoms. The molecule has 0 N–H and O–H groups in total. The minimum atomic E-state index is -0.695. The van der Waals surface area contributed by atoms with E-state index in [-0.39, 0.29) is 48.3 Å². The number of carbonyl (C=O) groups is 4. The van der Waals surface area contributed by atoms with Gasteiger partial charge in [0.2, 0.25) is 17.7 Å². The van der Waals surface area contributed by atoms with Gasteiger partial charge in [-0.3, -0.25) is 19.2 Å². The Bertz CT molecular complexity index is 1870. The molecule has 46 heavy (non-hydrogen) atoms. The van der Waals surface area contributed by atoms with Crippen molar-refractivity contribution in [3.05, 3.63) is 118 Å². The smallest absolute Gasteiger partial charge is 0.316 e. The number of nitrogens with zero attached hydrogens (tertiary/aromatic N) is 2. The van der Waals surface area contributed by atoms with Crippen LogP contribution in [-0.4, -0.2) is 37.3 Å². The summed E-state index contributed by atoms with van der Waals surface area (Å²) in [4.78, 5) is 57.2. The summed E-state index contributed by atoms with van der Waals surface area (Å²) >= 11 is 6.16.